The predicted octanol–water partition coefficient (Wildman–Crippen LogP) is 5.85. The second-order valence-electron chi connectivity index (χ2n) is 6.45. The molecule has 1 rings (SSSR count). The van der Waals surface area contributed by atoms with Crippen LogP contribution >= 0.6 is 0 Å². The normalized spacial score (nSPS) is 20.0. The van der Waals surface area contributed by atoms with Crippen LogP contribution in [0.1, 0.15) is 38.5 Å². The first-order chi connectivity index (χ1) is 12.6. The third-order valence-electron chi connectivity index (χ3n) is 4.21. The monoisotopic (exact) mass is 440 g/mol. The molecule has 0 saturated carbocycles. The average molecular weight is 440 g/mol. The molecule has 2 nitrogen and oxygen atoms in total. The first kappa shape index (κ1) is 25.2. The van der Waals surface area contributed by atoms with Crippen LogP contribution in [0.25, 0.3) is 0 Å². The second-order valence-corrected chi connectivity index (χ2v) is 6.45. The van der Waals surface area contributed by atoms with Gasteiger partial charge in [0.15, 0.2) is 0 Å². The van der Waals surface area contributed by atoms with Gasteiger partial charge in [0, 0.05) is 19.6 Å². The molecule has 0 amide bonds. The van der Waals surface area contributed by atoms with Crippen molar-refractivity contribution >= 4 is 0 Å². The molecule has 0 radical (unpaired) electrons. The fourth-order valence-corrected chi connectivity index (χ4v) is 2.48. The molecule has 0 aromatic heterocycles. The Kier molecular flexibility index (Phi) is 7.99. The Morgan fingerprint density at radius 1 is 0.750 bits per heavy atom. The summed E-state index contributed by atoms with van der Waals surface area (Å²) in [4.78, 5) is 0. The number of hydrogen-bond acceptors (Lipinski definition) is 2. The molecule has 1 unspecified atom stereocenters. The molecule has 1 saturated heterocycles. The first-order valence-corrected chi connectivity index (χ1v) is 8.35. The van der Waals surface area contributed by atoms with E-state index in [9.17, 15) is 48.3 Å². The Morgan fingerprint density at radius 2 is 1.36 bits per heavy atom. The Balaban J connectivity index is 2.52. The fraction of sp³-hybridized carbons (Fsp3) is 1.00. The van der Waals surface area contributed by atoms with Crippen molar-refractivity contribution < 1.29 is 57.8 Å². The van der Waals surface area contributed by atoms with Gasteiger partial charge in [-0.25, -0.2) is 0 Å². The molecule has 0 aromatic rings. The molecular weight excluding hydrogens is 421 g/mol. The molecule has 28 heavy (non-hydrogen) atoms. The van der Waals surface area contributed by atoms with Gasteiger partial charge >= 0.3 is 29.9 Å². The third-order valence-corrected chi connectivity index (χ3v) is 4.21. The predicted molar refractivity (Wildman–Crippen MR) is 74.1 cm³/mol. The summed E-state index contributed by atoms with van der Waals surface area (Å²) in [5.41, 5.74) is 0. The van der Waals surface area contributed by atoms with E-state index >= 15 is 0 Å². The molecule has 1 fully saturated rings. The largest absolute Gasteiger partial charge is 0.460 e. The standard InChI is InChI=1S/C15H19F11O2/c16-11(17,6-2-1-3-7-27-9-10-5-4-8-28-10)12(18,19)13(20,21)14(22,23)15(24,25)26/h10H,1-9H2. The van der Waals surface area contributed by atoms with Gasteiger partial charge < -0.3 is 9.47 Å². The highest BCUT2D eigenvalue weighted by Gasteiger charge is 2.86. The minimum Gasteiger partial charge on any atom is -0.379 e. The van der Waals surface area contributed by atoms with Crippen LogP contribution in [0.5, 0.6) is 0 Å². The molecule has 0 N–H and O–H groups in total. The average Bonchev–Trinajstić information content (AvgIpc) is 3.05. The number of unbranched alkanes of at least 4 members (excludes halogenated alkanes) is 2. The molecule has 0 aliphatic carbocycles. The SMILES string of the molecule is FC(F)(F)C(F)(F)C(F)(F)C(F)(F)C(F)(F)CCCCCOCC1CCCO1. The van der Waals surface area contributed by atoms with E-state index in [2.05, 4.69) is 0 Å². The number of alkyl halides is 11. The lowest BCUT2D eigenvalue weighted by molar-refractivity contribution is -0.422. The van der Waals surface area contributed by atoms with Gasteiger partial charge in [0.2, 0.25) is 0 Å². The van der Waals surface area contributed by atoms with Gasteiger partial charge in [-0.3, -0.25) is 0 Å². The van der Waals surface area contributed by atoms with Crippen LogP contribution in [0.3, 0.4) is 0 Å². The molecule has 1 aliphatic heterocycles. The molecule has 0 bridgehead atoms. The maximum atomic E-state index is 13.4. The van der Waals surface area contributed by atoms with Gasteiger partial charge in [0.05, 0.1) is 12.7 Å². The zero-order chi connectivity index (χ0) is 21.9. The lowest BCUT2D eigenvalue weighted by Gasteiger charge is -2.37. The summed E-state index contributed by atoms with van der Waals surface area (Å²) in [6, 6.07) is 0. The van der Waals surface area contributed by atoms with E-state index in [1.165, 1.54) is 0 Å². The van der Waals surface area contributed by atoms with Gasteiger partial charge in [0.1, 0.15) is 0 Å². The number of ether oxygens (including phenoxy) is 2. The molecule has 0 spiro atoms. The topological polar surface area (TPSA) is 18.5 Å². The zero-order valence-corrected chi connectivity index (χ0v) is 14.4. The van der Waals surface area contributed by atoms with Gasteiger partial charge in [-0.2, -0.15) is 48.3 Å². The van der Waals surface area contributed by atoms with Crippen molar-refractivity contribution in [2.75, 3.05) is 19.8 Å². The van der Waals surface area contributed by atoms with E-state index in [-0.39, 0.29) is 32.2 Å². The van der Waals surface area contributed by atoms with Crippen molar-refractivity contribution in [1.82, 2.24) is 0 Å². The first-order valence-electron chi connectivity index (χ1n) is 8.35. The van der Waals surface area contributed by atoms with Crippen molar-refractivity contribution in [2.24, 2.45) is 0 Å². The maximum Gasteiger partial charge on any atom is 0.460 e. The van der Waals surface area contributed by atoms with Crippen LogP contribution in [0.2, 0.25) is 0 Å². The Labute approximate surface area is 153 Å². The van der Waals surface area contributed by atoms with Gasteiger partial charge in [-0.05, 0) is 25.7 Å². The van der Waals surface area contributed by atoms with Crippen LogP contribution in [0.15, 0.2) is 0 Å². The van der Waals surface area contributed by atoms with Crippen molar-refractivity contribution in [3.05, 3.63) is 0 Å². The summed E-state index contributed by atoms with van der Waals surface area (Å²) in [6.45, 7) is 0.840. The van der Waals surface area contributed by atoms with Gasteiger partial charge in [0.25, 0.3) is 0 Å². The van der Waals surface area contributed by atoms with Crippen molar-refractivity contribution in [3.63, 3.8) is 0 Å². The smallest absolute Gasteiger partial charge is 0.379 e. The fourth-order valence-electron chi connectivity index (χ4n) is 2.48. The molecule has 1 atom stereocenters. The van der Waals surface area contributed by atoms with Crippen molar-refractivity contribution in [1.29, 1.82) is 0 Å². The van der Waals surface area contributed by atoms with E-state index in [1.807, 2.05) is 0 Å². The van der Waals surface area contributed by atoms with Gasteiger partial charge in [-0.1, -0.05) is 6.42 Å². The number of rotatable bonds is 11. The third kappa shape index (κ3) is 5.19. The Morgan fingerprint density at radius 3 is 1.86 bits per heavy atom. The minimum absolute atomic E-state index is 0.0319. The molecule has 0 aromatic carbocycles. The van der Waals surface area contributed by atoms with Crippen LogP contribution in [0, 0.1) is 0 Å². The summed E-state index contributed by atoms with van der Waals surface area (Å²) in [5.74, 6) is -27.3. The highest BCUT2D eigenvalue weighted by molar-refractivity contribution is 5.06. The Bertz CT molecular complexity index is 485. The maximum absolute atomic E-state index is 13.4. The Hall–Kier alpha value is -0.850. The highest BCUT2D eigenvalue weighted by Crippen LogP contribution is 2.58. The summed E-state index contributed by atoms with van der Waals surface area (Å²) in [6.07, 6.45) is -8.54. The van der Waals surface area contributed by atoms with Crippen molar-refractivity contribution in [2.45, 2.75) is 74.5 Å². The lowest BCUT2D eigenvalue weighted by Crippen LogP contribution is -2.66. The van der Waals surface area contributed by atoms with E-state index in [4.69, 9.17) is 9.47 Å². The zero-order valence-electron chi connectivity index (χ0n) is 14.4. The van der Waals surface area contributed by atoms with E-state index in [0.29, 0.717) is 6.61 Å². The van der Waals surface area contributed by atoms with Gasteiger partial charge in [-0.15, -0.1) is 0 Å². The minimum atomic E-state index is -7.33. The van der Waals surface area contributed by atoms with Crippen LogP contribution in [-0.2, 0) is 9.47 Å². The molecular formula is C15H19F11O2. The van der Waals surface area contributed by atoms with Crippen molar-refractivity contribution in [3.8, 4) is 0 Å². The molecule has 13 heteroatoms. The van der Waals surface area contributed by atoms with Crippen LogP contribution < -0.4 is 0 Å². The van der Waals surface area contributed by atoms with Crippen LogP contribution in [-0.4, -0.2) is 55.8 Å². The quantitative estimate of drug-likeness (QED) is 0.297. The molecule has 168 valence electrons. The summed E-state index contributed by atoms with van der Waals surface area (Å²) < 4.78 is 151. The second kappa shape index (κ2) is 8.88. The summed E-state index contributed by atoms with van der Waals surface area (Å²) in [7, 11) is 0. The summed E-state index contributed by atoms with van der Waals surface area (Å²) >= 11 is 0. The number of halogens is 11. The van der Waals surface area contributed by atoms with E-state index < -0.39 is 42.7 Å². The highest BCUT2D eigenvalue weighted by atomic mass is 19.4. The summed E-state index contributed by atoms with van der Waals surface area (Å²) in [5, 5.41) is 0. The van der Waals surface area contributed by atoms with E-state index in [1.54, 1.807) is 0 Å². The molecule has 1 aliphatic rings. The molecule has 1 heterocycles. The lowest BCUT2D eigenvalue weighted by atomic mass is 9.94. The number of hydrogen-bond donors (Lipinski definition) is 0. The van der Waals surface area contributed by atoms with E-state index in [0.717, 1.165) is 12.8 Å². The van der Waals surface area contributed by atoms with Crippen LogP contribution in [0.4, 0.5) is 48.3 Å².